The Morgan fingerprint density at radius 1 is 1.40 bits per heavy atom. The lowest BCUT2D eigenvalue weighted by atomic mass is 9.87. The number of fused-ring (bicyclic) bond motifs is 1. The molecular formula is C15H17ClF2OS. The van der Waals surface area contributed by atoms with Gasteiger partial charge in [0.1, 0.15) is 6.10 Å². The van der Waals surface area contributed by atoms with Gasteiger partial charge in [0.15, 0.2) is 0 Å². The van der Waals surface area contributed by atoms with Gasteiger partial charge in [-0.05, 0) is 41.2 Å². The van der Waals surface area contributed by atoms with Crippen LogP contribution in [0.5, 0.6) is 0 Å². The number of rotatable bonds is 3. The maximum absolute atomic E-state index is 13.0. The fourth-order valence-corrected chi connectivity index (χ4v) is 3.09. The summed E-state index contributed by atoms with van der Waals surface area (Å²) < 4.78 is 31.8. The summed E-state index contributed by atoms with van der Waals surface area (Å²) in [6.07, 6.45) is -2.31. The molecule has 1 aliphatic heterocycles. The van der Waals surface area contributed by atoms with Crippen molar-refractivity contribution >= 4 is 24.2 Å². The minimum absolute atomic E-state index is 0.0774. The monoisotopic (exact) mass is 318 g/mol. The van der Waals surface area contributed by atoms with Gasteiger partial charge in [0.2, 0.25) is 0 Å². The van der Waals surface area contributed by atoms with Crippen molar-refractivity contribution in [1.82, 2.24) is 0 Å². The Morgan fingerprint density at radius 2 is 2.10 bits per heavy atom. The molecule has 0 saturated heterocycles. The first-order chi connectivity index (χ1) is 9.41. The van der Waals surface area contributed by atoms with Crippen molar-refractivity contribution in [2.24, 2.45) is 5.92 Å². The first-order valence-electron chi connectivity index (χ1n) is 6.52. The van der Waals surface area contributed by atoms with Crippen molar-refractivity contribution in [2.75, 3.05) is 6.61 Å². The molecule has 0 aromatic heterocycles. The molecular weight excluding hydrogens is 302 g/mol. The molecule has 0 radical (unpaired) electrons. The molecule has 0 fully saturated rings. The van der Waals surface area contributed by atoms with E-state index in [0.717, 1.165) is 17.5 Å². The van der Waals surface area contributed by atoms with E-state index in [9.17, 15) is 8.78 Å². The number of hydrogen-bond acceptors (Lipinski definition) is 2. The average molecular weight is 319 g/mol. The third-order valence-electron chi connectivity index (χ3n) is 3.45. The normalized spacial score (nSPS) is 20.1. The third kappa shape index (κ3) is 3.18. The van der Waals surface area contributed by atoms with Crippen molar-refractivity contribution in [2.45, 2.75) is 32.8 Å². The van der Waals surface area contributed by atoms with E-state index < -0.39 is 12.5 Å². The fraction of sp³-hybridized carbons (Fsp3) is 0.467. The van der Waals surface area contributed by atoms with Crippen molar-refractivity contribution in [3.8, 4) is 0 Å². The van der Waals surface area contributed by atoms with Gasteiger partial charge in [-0.2, -0.15) is 0 Å². The van der Waals surface area contributed by atoms with Crippen LogP contribution in [0.25, 0.3) is 0 Å². The summed E-state index contributed by atoms with van der Waals surface area (Å²) in [5.74, 6) is -0.0774. The van der Waals surface area contributed by atoms with Crippen molar-refractivity contribution in [3.63, 3.8) is 0 Å². The fourth-order valence-electron chi connectivity index (χ4n) is 2.53. The van der Waals surface area contributed by atoms with Gasteiger partial charge in [0.25, 0.3) is 6.43 Å². The summed E-state index contributed by atoms with van der Waals surface area (Å²) in [5, 5.41) is 0.583. The van der Waals surface area contributed by atoms with E-state index in [1.165, 1.54) is 0 Å². The highest BCUT2D eigenvalue weighted by Gasteiger charge is 2.30. The lowest BCUT2D eigenvalue weighted by Gasteiger charge is -2.31. The van der Waals surface area contributed by atoms with Gasteiger partial charge in [-0.3, -0.25) is 0 Å². The number of alkyl halides is 2. The molecule has 5 heteroatoms. The maximum Gasteiger partial charge on any atom is 0.269 e. The molecule has 110 valence electrons. The number of thiol groups is 1. The van der Waals surface area contributed by atoms with Crippen LogP contribution in [0.4, 0.5) is 8.78 Å². The Hall–Kier alpha value is -0.580. The molecule has 1 unspecified atom stereocenters. The standard InChI is InChI=1S/C15H17ClF2OS/c1-8(2)12(14(20)15(17)18)13-11-7-10(16)4-3-9(11)5-6-19-13/h3-4,7-8,13,15,20H,5-6H2,1-2H3/b14-12+. The molecule has 0 spiro atoms. The minimum atomic E-state index is -2.59. The summed E-state index contributed by atoms with van der Waals surface area (Å²) in [7, 11) is 0. The van der Waals surface area contributed by atoms with E-state index in [1.54, 1.807) is 6.07 Å². The predicted octanol–water partition coefficient (Wildman–Crippen LogP) is 5.06. The van der Waals surface area contributed by atoms with Gasteiger partial charge in [-0.25, -0.2) is 8.78 Å². The molecule has 2 rings (SSSR count). The highest BCUT2D eigenvalue weighted by molar-refractivity contribution is 7.84. The number of ether oxygens (including phenoxy) is 1. The van der Waals surface area contributed by atoms with Gasteiger partial charge in [0.05, 0.1) is 6.61 Å². The van der Waals surface area contributed by atoms with Crippen molar-refractivity contribution in [3.05, 3.63) is 44.8 Å². The minimum Gasteiger partial charge on any atom is -0.369 e. The van der Waals surface area contributed by atoms with Gasteiger partial charge in [-0.15, -0.1) is 12.6 Å². The number of benzene rings is 1. The lowest BCUT2D eigenvalue weighted by Crippen LogP contribution is -2.22. The van der Waals surface area contributed by atoms with Gasteiger partial charge < -0.3 is 4.74 Å². The van der Waals surface area contributed by atoms with Crippen LogP contribution < -0.4 is 0 Å². The summed E-state index contributed by atoms with van der Waals surface area (Å²) in [4.78, 5) is -0.196. The molecule has 1 atom stereocenters. The largest absolute Gasteiger partial charge is 0.369 e. The predicted molar refractivity (Wildman–Crippen MR) is 80.7 cm³/mol. The first-order valence-corrected chi connectivity index (χ1v) is 7.35. The Labute approximate surface area is 128 Å². The topological polar surface area (TPSA) is 9.23 Å². The molecule has 0 aliphatic carbocycles. The molecule has 0 bridgehead atoms. The summed E-state index contributed by atoms with van der Waals surface area (Å²) in [6.45, 7) is 4.26. The summed E-state index contributed by atoms with van der Waals surface area (Å²) in [6, 6.07) is 5.55. The van der Waals surface area contributed by atoms with Crippen LogP contribution in [0.15, 0.2) is 28.7 Å². The SMILES string of the molecule is CC(C)/C(=C(\S)C(F)F)C1OCCc2ccc(Cl)cc21. The van der Waals surface area contributed by atoms with E-state index in [2.05, 4.69) is 12.6 Å². The highest BCUT2D eigenvalue weighted by atomic mass is 35.5. The van der Waals surface area contributed by atoms with Crippen LogP contribution in [0.1, 0.15) is 31.1 Å². The summed E-state index contributed by atoms with van der Waals surface area (Å²) in [5.41, 5.74) is 2.50. The van der Waals surface area contributed by atoms with Crippen LogP contribution in [0.2, 0.25) is 5.02 Å². The molecule has 0 saturated carbocycles. The Morgan fingerprint density at radius 3 is 2.70 bits per heavy atom. The Balaban J connectivity index is 2.53. The number of hydrogen-bond donors (Lipinski definition) is 1. The molecule has 1 nitrogen and oxygen atoms in total. The molecule has 1 aromatic carbocycles. The van der Waals surface area contributed by atoms with Crippen LogP contribution in [0, 0.1) is 5.92 Å². The Kier molecular flexibility index (Phi) is 5.10. The molecule has 0 amide bonds. The van der Waals surface area contributed by atoms with E-state index in [1.807, 2.05) is 26.0 Å². The van der Waals surface area contributed by atoms with E-state index in [4.69, 9.17) is 16.3 Å². The van der Waals surface area contributed by atoms with Crippen molar-refractivity contribution in [1.29, 1.82) is 0 Å². The lowest BCUT2D eigenvalue weighted by molar-refractivity contribution is 0.0591. The van der Waals surface area contributed by atoms with E-state index in [-0.39, 0.29) is 10.8 Å². The van der Waals surface area contributed by atoms with Crippen LogP contribution in [-0.2, 0) is 11.2 Å². The zero-order valence-electron chi connectivity index (χ0n) is 11.4. The van der Waals surface area contributed by atoms with E-state index >= 15 is 0 Å². The molecule has 0 N–H and O–H groups in total. The summed E-state index contributed by atoms with van der Waals surface area (Å²) >= 11 is 10.0. The first kappa shape index (κ1) is 15.8. The number of allylic oxidation sites excluding steroid dienone is 1. The highest BCUT2D eigenvalue weighted by Crippen LogP contribution is 2.40. The maximum atomic E-state index is 13.0. The van der Waals surface area contributed by atoms with Gasteiger partial charge in [-0.1, -0.05) is 31.5 Å². The van der Waals surface area contributed by atoms with Gasteiger partial charge >= 0.3 is 0 Å². The van der Waals surface area contributed by atoms with Gasteiger partial charge in [0, 0.05) is 9.93 Å². The second kappa shape index (κ2) is 6.46. The average Bonchev–Trinajstić information content (AvgIpc) is 2.38. The zero-order chi connectivity index (χ0) is 14.9. The molecule has 20 heavy (non-hydrogen) atoms. The zero-order valence-corrected chi connectivity index (χ0v) is 13.0. The molecule has 1 aromatic rings. The third-order valence-corrected chi connectivity index (χ3v) is 4.14. The quantitative estimate of drug-likeness (QED) is 0.766. The smallest absolute Gasteiger partial charge is 0.269 e. The van der Waals surface area contributed by atoms with Crippen LogP contribution >= 0.6 is 24.2 Å². The molecule has 1 heterocycles. The second-order valence-electron chi connectivity index (χ2n) is 5.14. The van der Waals surface area contributed by atoms with Crippen LogP contribution in [0.3, 0.4) is 0 Å². The van der Waals surface area contributed by atoms with Crippen LogP contribution in [-0.4, -0.2) is 13.0 Å². The number of halogens is 3. The second-order valence-corrected chi connectivity index (χ2v) is 6.06. The van der Waals surface area contributed by atoms with Crippen molar-refractivity contribution < 1.29 is 13.5 Å². The van der Waals surface area contributed by atoms with E-state index in [0.29, 0.717) is 17.2 Å². The molecule has 1 aliphatic rings. The Bertz CT molecular complexity index is 529.